The van der Waals surface area contributed by atoms with Gasteiger partial charge in [-0.3, -0.25) is 4.90 Å². The highest BCUT2D eigenvalue weighted by Crippen LogP contribution is 2.19. The quantitative estimate of drug-likeness (QED) is 0.804. The van der Waals surface area contributed by atoms with Crippen LogP contribution in [-0.2, 0) is 17.9 Å². The predicted octanol–water partition coefficient (Wildman–Crippen LogP) is 2.46. The standard InChI is InChI=1S/C19H27N5O/c1-15(2)17-5-4-6-19(22-17)24-9-7-23(8-10-24)13-16-11-20-18(14-25-3)21-12-16/h4-6,11-12,15H,7-10,13-14H2,1-3H3. The summed E-state index contributed by atoms with van der Waals surface area (Å²) < 4.78 is 5.05. The van der Waals surface area contributed by atoms with Gasteiger partial charge in [-0.2, -0.15) is 0 Å². The molecule has 0 atom stereocenters. The Kier molecular flexibility index (Phi) is 5.94. The molecule has 0 spiro atoms. The molecule has 0 bridgehead atoms. The molecule has 1 saturated heterocycles. The van der Waals surface area contributed by atoms with Crippen molar-refractivity contribution in [2.24, 2.45) is 0 Å². The van der Waals surface area contributed by atoms with Crippen molar-refractivity contribution >= 4 is 5.82 Å². The number of pyridine rings is 1. The maximum atomic E-state index is 5.05. The zero-order chi connectivity index (χ0) is 17.6. The third-order valence-corrected chi connectivity index (χ3v) is 4.48. The summed E-state index contributed by atoms with van der Waals surface area (Å²) in [4.78, 5) is 18.3. The van der Waals surface area contributed by atoms with Crippen LogP contribution >= 0.6 is 0 Å². The van der Waals surface area contributed by atoms with Crippen molar-refractivity contribution in [3.63, 3.8) is 0 Å². The Morgan fingerprint density at radius 3 is 2.44 bits per heavy atom. The molecule has 2 aromatic heterocycles. The number of hydrogen-bond donors (Lipinski definition) is 0. The smallest absolute Gasteiger partial charge is 0.153 e. The van der Waals surface area contributed by atoms with Crippen molar-refractivity contribution in [3.05, 3.63) is 47.7 Å². The van der Waals surface area contributed by atoms with Crippen LogP contribution in [0, 0.1) is 0 Å². The lowest BCUT2D eigenvalue weighted by atomic mass is 10.1. The maximum Gasteiger partial charge on any atom is 0.153 e. The normalized spacial score (nSPS) is 15.8. The average molecular weight is 341 g/mol. The summed E-state index contributed by atoms with van der Waals surface area (Å²) >= 11 is 0. The molecule has 1 fully saturated rings. The Hall–Kier alpha value is -2.05. The highest BCUT2D eigenvalue weighted by molar-refractivity contribution is 5.40. The molecule has 0 N–H and O–H groups in total. The van der Waals surface area contributed by atoms with Gasteiger partial charge in [-0.25, -0.2) is 15.0 Å². The molecule has 0 aromatic carbocycles. The summed E-state index contributed by atoms with van der Waals surface area (Å²) in [6.07, 6.45) is 3.81. The van der Waals surface area contributed by atoms with E-state index in [0.29, 0.717) is 12.5 Å². The van der Waals surface area contributed by atoms with Crippen LogP contribution in [0.25, 0.3) is 0 Å². The first-order chi connectivity index (χ1) is 12.2. The van der Waals surface area contributed by atoms with Gasteiger partial charge in [-0.05, 0) is 18.1 Å². The van der Waals surface area contributed by atoms with Crippen molar-refractivity contribution in [2.75, 3.05) is 38.2 Å². The molecule has 1 aliphatic heterocycles. The van der Waals surface area contributed by atoms with E-state index < -0.39 is 0 Å². The Balaban J connectivity index is 1.54. The van der Waals surface area contributed by atoms with Gasteiger partial charge >= 0.3 is 0 Å². The second-order valence-corrected chi connectivity index (χ2v) is 6.78. The van der Waals surface area contributed by atoms with Crippen molar-refractivity contribution < 1.29 is 4.74 Å². The Morgan fingerprint density at radius 1 is 1.08 bits per heavy atom. The molecular weight excluding hydrogens is 314 g/mol. The van der Waals surface area contributed by atoms with Gasteiger partial charge in [0, 0.05) is 63.5 Å². The molecule has 6 nitrogen and oxygen atoms in total. The number of aromatic nitrogens is 3. The van der Waals surface area contributed by atoms with Crippen molar-refractivity contribution in [3.8, 4) is 0 Å². The number of methoxy groups -OCH3 is 1. The lowest BCUT2D eigenvalue weighted by Crippen LogP contribution is -2.46. The van der Waals surface area contributed by atoms with Crippen molar-refractivity contribution in [1.82, 2.24) is 19.9 Å². The first-order valence-electron chi connectivity index (χ1n) is 8.88. The number of piperazine rings is 1. The monoisotopic (exact) mass is 341 g/mol. The number of rotatable bonds is 6. The van der Waals surface area contributed by atoms with Gasteiger partial charge < -0.3 is 9.64 Å². The molecule has 6 heteroatoms. The number of hydrogen-bond acceptors (Lipinski definition) is 6. The lowest BCUT2D eigenvalue weighted by molar-refractivity contribution is 0.177. The van der Waals surface area contributed by atoms with Crippen LogP contribution in [0.4, 0.5) is 5.82 Å². The fourth-order valence-electron chi connectivity index (χ4n) is 3.00. The van der Waals surface area contributed by atoms with E-state index in [1.165, 1.54) is 0 Å². The molecule has 0 unspecified atom stereocenters. The molecule has 2 aromatic rings. The van der Waals surface area contributed by atoms with Crippen LogP contribution in [0.5, 0.6) is 0 Å². The second-order valence-electron chi connectivity index (χ2n) is 6.78. The minimum absolute atomic E-state index is 0.460. The minimum Gasteiger partial charge on any atom is -0.377 e. The Bertz CT molecular complexity index is 666. The summed E-state index contributed by atoms with van der Waals surface area (Å²) in [6.45, 7) is 9.76. The van der Waals surface area contributed by atoms with Gasteiger partial charge in [0.2, 0.25) is 0 Å². The van der Waals surface area contributed by atoms with Gasteiger partial charge in [-0.1, -0.05) is 19.9 Å². The van der Waals surface area contributed by atoms with Crippen molar-refractivity contribution in [1.29, 1.82) is 0 Å². The molecule has 3 heterocycles. The van der Waals surface area contributed by atoms with Crippen LogP contribution in [0.2, 0.25) is 0 Å². The van der Waals surface area contributed by atoms with E-state index in [1.807, 2.05) is 12.4 Å². The van der Waals surface area contributed by atoms with Crippen LogP contribution in [0.3, 0.4) is 0 Å². The predicted molar refractivity (Wildman–Crippen MR) is 98.6 cm³/mol. The van der Waals surface area contributed by atoms with Crippen molar-refractivity contribution in [2.45, 2.75) is 32.9 Å². The van der Waals surface area contributed by atoms with E-state index in [-0.39, 0.29) is 0 Å². The molecule has 0 radical (unpaired) electrons. The maximum absolute atomic E-state index is 5.05. The van der Waals surface area contributed by atoms with Crippen LogP contribution in [0.15, 0.2) is 30.6 Å². The number of anilines is 1. The molecule has 0 amide bonds. The zero-order valence-electron chi connectivity index (χ0n) is 15.4. The topological polar surface area (TPSA) is 54.4 Å². The van der Waals surface area contributed by atoms with E-state index in [0.717, 1.165) is 55.6 Å². The molecule has 25 heavy (non-hydrogen) atoms. The van der Waals surface area contributed by atoms with Crippen LogP contribution < -0.4 is 4.90 Å². The minimum atomic E-state index is 0.460. The third-order valence-electron chi connectivity index (χ3n) is 4.48. The van der Waals surface area contributed by atoms with Gasteiger partial charge in [0.1, 0.15) is 12.4 Å². The zero-order valence-corrected chi connectivity index (χ0v) is 15.4. The summed E-state index contributed by atoms with van der Waals surface area (Å²) in [5.41, 5.74) is 2.31. The first kappa shape index (κ1) is 17.8. The second kappa shape index (κ2) is 8.36. The van der Waals surface area contributed by atoms with Gasteiger partial charge in [0.15, 0.2) is 5.82 Å². The van der Waals surface area contributed by atoms with Gasteiger partial charge in [0.25, 0.3) is 0 Å². The molecular formula is C19H27N5O. The van der Waals surface area contributed by atoms with Gasteiger partial charge in [-0.15, -0.1) is 0 Å². The van der Waals surface area contributed by atoms with E-state index in [4.69, 9.17) is 9.72 Å². The lowest BCUT2D eigenvalue weighted by Gasteiger charge is -2.35. The molecule has 3 rings (SSSR count). The van der Waals surface area contributed by atoms with Crippen LogP contribution in [-0.4, -0.2) is 53.1 Å². The molecule has 0 saturated carbocycles. The first-order valence-corrected chi connectivity index (χ1v) is 8.88. The summed E-state index contributed by atoms with van der Waals surface area (Å²) in [5, 5.41) is 0. The summed E-state index contributed by atoms with van der Waals surface area (Å²) in [5.74, 6) is 2.28. The fourth-order valence-corrected chi connectivity index (χ4v) is 3.00. The van der Waals surface area contributed by atoms with Crippen LogP contribution in [0.1, 0.15) is 36.8 Å². The fraction of sp³-hybridized carbons (Fsp3) is 0.526. The third kappa shape index (κ3) is 4.74. The highest BCUT2D eigenvalue weighted by atomic mass is 16.5. The average Bonchev–Trinajstić information content (AvgIpc) is 2.64. The Morgan fingerprint density at radius 2 is 1.80 bits per heavy atom. The van der Waals surface area contributed by atoms with E-state index in [1.54, 1.807) is 7.11 Å². The number of nitrogens with zero attached hydrogens (tertiary/aromatic N) is 5. The van der Waals surface area contributed by atoms with E-state index >= 15 is 0 Å². The molecule has 1 aliphatic rings. The highest BCUT2D eigenvalue weighted by Gasteiger charge is 2.18. The van der Waals surface area contributed by atoms with E-state index in [2.05, 4.69) is 51.8 Å². The largest absolute Gasteiger partial charge is 0.377 e. The summed E-state index contributed by atoms with van der Waals surface area (Å²) in [7, 11) is 1.66. The molecule has 0 aliphatic carbocycles. The van der Waals surface area contributed by atoms with E-state index in [9.17, 15) is 0 Å². The summed E-state index contributed by atoms with van der Waals surface area (Å²) in [6, 6.07) is 6.34. The van der Waals surface area contributed by atoms with Gasteiger partial charge in [0.05, 0.1) is 0 Å². The SMILES string of the molecule is COCc1ncc(CN2CCN(c3cccc(C(C)C)n3)CC2)cn1. The molecule has 134 valence electrons. The number of ether oxygens (including phenoxy) is 1. The Labute approximate surface area is 149 Å².